The summed E-state index contributed by atoms with van der Waals surface area (Å²) in [7, 11) is 0. The number of benzene rings is 2. The molecule has 3 heteroatoms. The van der Waals surface area contributed by atoms with Crippen LogP contribution >= 0.6 is 0 Å². The Morgan fingerprint density at radius 1 is 1.13 bits per heavy atom. The minimum Gasteiger partial charge on any atom is -0.342 e. The third kappa shape index (κ3) is 3.78. The Morgan fingerprint density at radius 2 is 1.87 bits per heavy atom. The molecule has 0 bridgehead atoms. The minimum absolute atomic E-state index is 0.229. The highest BCUT2D eigenvalue weighted by atomic mass is 16.2. The van der Waals surface area contributed by atoms with Gasteiger partial charge in [0.1, 0.15) is 0 Å². The van der Waals surface area contributed by atoms with E-state index in [1.54, 1.807) is 12.1 Å². The highest BCUT2D eigenvalue weighted by molar-refractivity contribution is 5.76. The first-order valence-electron chi connectivity index (χ1n) is 8.08. The van der Waals surface area contributed by atoms with E-state index in [2.05, 4.69) is 30.3 Å². The number of aryl methyl sites for hydroxylation is 1. The van der Waals surface area contributed by atoms with E-state index in [9.17, 15) is 4.79 Å². The van der Waals surface area contributed by atoms with Crippen LogP contribution in [-0.4, -0.2) is 23.9 Å². The van der Waals surface area contributed by atoms with Crippen LogP contribution in [0.1, 0.15) is 35.4 Å². The normalized spacial score (nSPS) is 17.0. The summed E-state index contributed by atoms with van der Waals surface area (Å²) in [4.78, 5) is 14.4. The zero-order valence-corrected chi connectivity index (χ0v) is 13.1. The zero-order chi connectivity index (χ0) is 16.1. The van der Waals surface area contributed by atoms with Gasteiger partial charge in [-0.3, -0.25) is 4.79 Å². The molecular formula is C20H20N2O. The van der Waals surface area contributed by atoms with Crippen molar-refractivity contribution in [3.63, 3.8) is 0 Å². The Hall–Kier alpha value is -2.60. The average molecular weight is 304 g/mol. The summed E-state index contributed by atoms with van der Waals surface area (Å²) < 4.78 is 0. The maximum Gasteiger partial charge on any atom is 0.222 e. The van der Waals surface area contributed by atoms with E-state index < -0.39 is 0 Å². The van der Waals surface area contributed by atoms with Crippen LogP contribution in [0.5, 0.6) is 0 Å². The third-order valence-electron chi connectivity index (χ3n) is 4.52. The summed E-state index contributed by atoms with van der Waals surface area (Å²) in [6, 6.07) is 20.0. The van der Waals surface area contributed by atoms with Crippen molar-refractivity contribution in [2.45, 2.75) is 25.2 Å². The van der Waals surface area contributed by atoms with Crippen molar-refractivity contribution in [3.05, 3.63) is 71.3 Å². The van der Waals surface area contributed by atoms with Crippen LogP contribution in [0, 0.1) is 11.3 Å². The molecule has 1 aliphatic heterocycles. The number of amides is 1. The molecular weight excluding hydrogens is 284 g/mol. The molecule has 3 nitrogen and oxygen atoms in total. The van der Waals surface area contributed by atoms with Crippen molar-refractivity contribution in [1.82, 2.24) is 4.90 Å². The predicted molar refractivity (Wildman–Crippen MR) is 89.9 cm³/mol. The second-order valence-corrected chi connectivity index (χ2v) is 6.04. The van der Waals surface area contributed by atoms with Crippen LogP contribution in [0.3, 0.4) is 0 Å². The molecule has 0 saturated carbocycles. The Morgan fingerprint density at radius 3 is 2.57 bits per heavy atom. The summed E-state index contributed by atoms with van der Waals surface area (Å²) in [5.74, 6) is 0.697. The molecule has 1 heterocycles. The lowest BCUT2D eigenvalue weighted by Crippen LogP contribution is -2.28. The topological polar surface area (TPSA) is 44.1 Å². The van der Waals surface area contributed by atoms with Gasteiger partial charge in [0.25, 0.3) is 0 Å². The van der Waals surface area contributed by atoms with E-state index in [1.807, 2.05) is 23.1 Å². The second-order valence-electron chi connectivity index (χ2n) is 6.04. The molecule has 0 aromatic heterocycles. The summed E-state index contributed by atoms with van der Waals surface area (Å²) in [6.45, 7) is 1.68. The highest BCUT2D eigenvalue weighted by Crippen LogP contribution is 2.27. The summed E-state index contributed by atoms with van der Waals surface area (Å²) in [6.07, 6.45) is 2.32. The Kier molecular flexibility index (Phi) is 4.73. The van der Waals surface area contributed by atoms with Gasteiger partial charge in [-0.2, -0.15) is 5.26 Å². The number of likely N-dealkylation sites (tertiary alicyclic amines) is 1. The predicted octanol–water partition coefficient (Wildman–Crippen LogP) is 3.51. The van der Waals surface area contributed by atoms with Crippen molar-refractivity contribution in [2.75, 3.05) is 13.1 Å². The largest absolute Gasteiger partial charge is 0.342 e. The monoisotopic (exact) mass is 304 g/mol. The van der Waals surface area contributed by atoms with Crippen LogP contribution in [0.2, 0.25) is 0 Å². The van der Waals surface area contributed by atoms with Crippen LogP contribution in [0.25, 0.3) is 0 Å². The summed E-state index contributed by atoms with van der Waals surface area (Å²) in [5, 5.41) is 8.80. The number of rotatable bonds is 4. The number of nitriles is 1. The van der Waals surface area contributed by atoms with Crippen LogP contribution in [0.15, 0.2) is 54.6 Å². The van der Waals surface area contributed by atoms with Crippen LogP contribution < -0.4 is 0 Å². The van der Waals surface area contributed by atoms with E-state index in [1.165, 1.54) is 5.56 Å². The lowest BCUT2D eigenvalue weighted by Gasteiger charge is -2.17. The molecule has 1 unspecified atom stereocenters. The van der Waals surface area contributed by atoms with E-state index in [4.69, 9.17) is 5.26 Å². The van der Waals surface area contributed by atoms with E-state index in [0.717, 1.165) is 31.5 Å². The van der Waals surface area contributed by atoms with Crippen molar-refractivity contribution in [1.29, 1.82) is 5.26 Å². The average Bonchev–Trinajstić information content (AvgIpc) is 3.11. The molecule has 116 valence electrons. The van der Waals surface area contributed by atoms with E-state index >= 15 is 0 Å². The molecule has 0 spiro atoms. The van der Waals surface area contributed by atoms with Gasteiger partial charge in [-0.1, -0.05) is 42.5 Å². The molecule has 0 N–H and O–H groups in total. The first-order valence-corrected chi connectivity index (χ1v) is 8.08. The van der Waals surface area contributed by atoms with E-state index in [0.29, 0.717) is 17.9 Å². The molecule has 2 aromatic carbocycles. The van der Waals surface area contributed by atoms with E-state index in [-0.39, 0.29) is 5.91 Å². The Bertz CT molecular complexity index is 701. The van der Waals surface area contributed by atoms with Gasteiger partial charge in [-0.15, -0.1) is 0 Å². The number of carbonyl (C=O) groups excluding carboxylic acids is 1. The van der Waals surface area contributed by atoms with Gasteiger partial charge in [-0.25, -0.2) is 0 Å². The molecule has 2 aromatic rings. The molecule has 23 heavy (non-hydrogen) atoms. The summed E-state index contributed by atoms with van der Waals surface area (Å²) >= 11 is 0. The molecule has 3 rings (SSSR count). The van der Waals surface area contributed by atoms with Gasteiger partial charge >= 0.3 is 0 Å². The van der Waals surface area contributed by atoms with Gasteiger partial charge in [0.2, 0.25) is 5.91 Å². The summed E-state index contributed by atoms with van der Waals surface area (Å²) in [5.41, 5.74) is 3.09. The smallest absolute Gasteiger partial charge is 0.222 e. The third-order valence-corrected chi connectivity index (χ3v) is 4.52. The Labute approximate surface area is 137 Å². The number of hydrogen-bond donors (Lipinski definition) is 0. The quantitative estimate of drug-likeness (QED) is 0.867. The molecule has 1 saturated heterocycles. The van der Waals surface area contributed by atoms with Gasteiger partial charge in [0.05, 0.1) is 11.6 Å². The van der Waals surface area contributed by atoms with Crippen LogP contribution in [0.4, 0.5) is 0 Å². The van der Waals surface area contributed by atoms with Gasteiger partial charge in [-0.05, 0) is 36.1 Å². The zero-order valence-electron chi connectivity index (χ0n) is 13.1. The van der Waals surface area contributed by atoms with Crippen molar-refractivity contribution < 1.29 is 4.79 Å². The molecule has 1 aliphatic rings. The number of nitrogens with zero attached hydrogens (tertiary/aromatic N) is 2. The molecule has 1 atom stereocenters. The maximum absolute atomic E-state index is 12.4. The fraction of sp³-hybridized carbons (Fsp3) is 0.300. The van der Waals surface area contributed by atoms with Crippen molar-refractivity contribution >= 4 is 5.91 Å². The van der Waals surface area contributed by atoms with Crippen molar-refractivity contribution in [3.8, 4) is 6.07 Å². The first kappa shape index (κ1) is 15.3. The second kappa shape index (κ2) is 7.11. The number of carbonyl (C=O) groups is 1. The minimum atomic E-state index is 0.229. The molecule has 1 amide bonds. The lowest BCUT2D eigenvalue weighted by molar-refractivity contribution is -0.130. The molecule has 0 aliphatic carbocycles. The molecule has 0 radical (unpaired) electrons. The Balaban J connectivity index is 1.52. The fourth-order valence-electron chi connectivity index (χ4n) is 3.14. The van der Waals surface area contributed by atoms with Gasteiger partial charge in [0.15, 0.2) is 0 Å². The van der Waals surface area contributed by atoms with Crippen LogP contribution in [-0.2, 0) is 11.2 Å². The molecule has 1 fully saturated rings. The van der Waals surface area contributed by atoms with Gasteiger partial charge < -0.3 is 4.90 Å². The fourth-order valence-corrected chi connectivity index (χ4v) is 3.14. The maximum atomic E-state index is 12.4. The lowest BCUT2D eigenvalue weighted by atomic mass is 9.99. The SMILES string of the molecule is N#Cc1ccc(CCC(=O)N2CCC(c3ccccc3)C2)cc1. The number of hydrogen-bond acceptors (Lipinski definition) is 2. The van der Waals surface area contributed by atoms with Crippen molar-refractivity contribution in [2.24, 2.45) is 0 Å². The highest BCUT2D eigenvalue weighted by Gasteiger charge is 2.26. The van der Waals surface area contributed by atoms with Gasteiger partial charge in [0, 0.05) is 25.4 Å². The standard InChI is InChI=1S/C20H20N2O/c21-14-17-8-6-16(7-9-17)10-11-20(23)22-13-12-19(15-22)18-4-2-1-3-5-18/h1-9,19H,10-13,15H2. The first-order chi connectivity index (χ1) is 11.3.